The molecule has 0 aliphatic carbocycles. The molecule has 3 aromatic rings. The SMILES string of the molecule is COc1cc(CC(C(=O)O)c2ccccc2)ccc1OCCc1ccccc1. The Morgan fingerprint density at radius 1 is 0.893 bits per heavy atom. The van der Waals surface area contributed by atoms with E-state index in [0.29, 0.717) is 24.5 Å². The monoisotopic (exact) mass is 376 g/mol. The van der Waals surface area contributed by atoms with Crippen molar-refractivity contribution >= 4 is 5.97 Å². The molecule has 4 heteroatoms. The molecule has 1 N–H and O–H groups in total. The summed E-state index contributed by atoms with van der Waals surface area (Å²) in [4.78, 5) is 11.7. The fourth-order valence-electron chi connectivity index (χ4n) is 3.15. The molecule has 0 fully saturated rings. The predicted molar refractivity (Wildman–Crippen MR) is 109 cm³/mol. The highest BCUT2D eigenvalue weighted by molar-refractivity contribution is 5.76. The van der Waals surface area contributed by atoms with Crippen molar-refractivity contribution in [3.05, 3.63) is 95.6 Å². The third-order valence-corrected chi connectivity index (χ3v) is 4.66. The summed E-state index contributed by atoms with van der Waals surface area (Å²) >= 11 is 0. The first-order chi connectivity index (χ1) is 13.7. The van der Waals surface area contributed by atoms with Crippen LogP contribution in [0.2, 0.25) is 0 Å². The van der Waals surface area contributed by atoms with Crippen molar-refractivity contribution in [3.63, 3.8) is 0 Å². The van der Waals surface area contributed by atoms with Crippen molar-refractivity contribution in [2.24, 2.45) is 0 Å². The second kappa shape index (κ2) is 9.60. The molecule has 0 amide bonds. The first-order valence-corrected chi connectivity index (χ1v) is 9.29. The van der Waals surface area contributed by atoms with Gasteiger partial charge in [0.2, 0.25) is 0 Å². The number of hydrogen-bond donors (Lipinski definition) is 1. The van der Waals surface area contributed by atoms with Gasteiger partial charge in [-0.15, -0.1) is 0 Å². The summed E-state index contributed by atoms with van der Waals surface area (Å²) in [5, 5.41) is 9.64. The van der Waals surface area contributed by atoms with E-state index in [1.807, 2.05) is 66.7 Å². The largest absolute Gasteiger partial charge is 0.493 e. The van der Waals surface area contributed by atoms with Gasteiger partial charge in [-0.2, -0.15) is 0 Å². The third kappa shape index (κ3) is 5.13. The van der Waals surface area contributed by atoms with E-state index in [2.05, 4.69) is 12.1 Å². The number of carboxylic acid groups (broad SMARTS) is 1. The Bertz CT molecular complexity index is 891. The van der Waals surface area contributed by atoms with Gasteiger partial charge in [-0.25, -0.2) is 0 Å². The molecule has 0 saturated carbocycles. The average molecular weight is 376 g/mol. The van der Waals surface area contributed by atoms with Gasteiger partial charge >= 0.3 is 5.97 Å². The topological polar surface area (TPSA) is 55.8 Å². The van der Waals surface area contributed by atoms with Crippen molar-refractivity contribution in [1.29, 1.82) is 0 Å². The van der Waals surface area contributed by atoms with Crippen LogP contribution in [0.25, 0.3) is 0 Å². The van der Waals surface area contributed by atoms with Crippen molar-refractivity contribution < 1.29 is 19.4 Å². The number of carboxylic acids is 1. The van der Waals surface area contributed by atoms with E-state index >= 15 is 0 Å². The molecule has 4 nitrogen and oxygen atoms in total. The molecule has 0 heterocycles. The van der Waals surface area contributed by atoms with Crippen molar-refractivity contribution in [2.45, 2.75) is 18.8 Å². The molecule has 0 saturated heterocycles. The standard InChI is InChI=1S/C24H24O4/c1-27-23-17-19(16-21(24(25)26)20-10-6-3-7-11-20)12-13-22(23)28-15-14-18-8-4-2-5-9-18/h2-13,17,21H,14-16H2,1H3,(H,25,26). The molecule has 144 valence electrons. The zero-order valence-electron chi connectivity index (χ0n) is 15.9. The lowest BCUT2D eigenvalue weighted by molar-refractivity contribution is -0.138. The van der Waals surface area contributed by atoms with E-state index in [4.69, 9.17) is 9.47 Å². The molecule has 0 spiro atoms. The molecular weight excluding hydrogens is 352 g/mol. The second-order valence-electron chi connectivity index (χ2n) is 6.57. The zero-order chi connectivity index (χ0) is 19.8. The van der Waals surface area contributed by atoms with Gasteiger partial charge in [0.05, 0.1) is 19.6 Å². The smallest absolute Gasteiger partial charge is 0.311 e. The second-order valence-corrected chi connectivity index (χ2v) is 6.57. The first-order valence-electron chi connectivity index (χ1n) is 9.29. The molecule has 0 aliphatic rings. The van der Waals surface area contributed by atoms with E-state index in [9.17, 15) is 9.90 Å². The summed E-state index contributed by atoms with van der Waals surface area (Å²) < 4.78 is 11.3. The summed E-state index contributed by atoms with van der Waals surface area (Å²) in [5.41, 5.74) is 2.89. The molecule has 3 aromatic carbocycles. The molecule has 3 rings (SSSR count). The Morgan fingerprint density at radius 2 is 1.57 bits per heavy atom. The molecule has 0 bridgehead atoms. The number of rotatable bonds is 9. The number of benzene rings is 3. The van der Waals surface area contributed by atoms with Gasteiger partial charge in [0.25, 0.3) is 0 Å². The number of aliphatic carboxylic acids is 1. The summed E-state index contributed by atoms with van der Waals surface area (Å²) in [7, 11) is 1.59. The highest BCUT2D eigenvalue weighted by Gasteiger charge is 2.20. The van der Waals surface area contributed by atoms with Gasteiger partial charge in [-0.05, 0) is 35.2 Å². The van der Waals surface area contributed by atoms with Gasteiger partial charge in [-0.1, -0.05) is 66.7 Å². The Kier molecular flexibility index (Phi) is 6.68. The number of methoxy groups -OCH3 is 1. The molecule has 1 unspecified atom stereocenters. The number of carbonyl (C=O) groups is 1. The number of hydrogen-bond acceptors (Lipinski definition) is 3. The Labute approximate surface area is 165 Å². The summed E-state index contributed by atoms with van der Waals surface area (Å²) in [6, 6.07) is 25.0. The lowest BCUT2D eigenvalue weighted by Crippen LogP contribution is -2.14. The van der Waals surface area contributed by atoms with Gasteiger partial charge in [0, 0.05) is 6.42 Å². The summed E-state index contributed by atoms with van der Waals surface area (Å²) in [5.74, 6) is -0.166. The van der Waals surface area contributed by atoms with E-state index in [0.717, 1.165) is 17.5 Å². The first kappa shape index (κ1) is 19.5. The highest BCUT2D eigenvalue weighted by Crippen LogP contribution is 2.31. The minimum Gasteiger partial charge on any atom is -0.493 e. The fraction of sp³-hybridized carbons (Fsp3) is 0.208. The quantitative estimate of drug-likeness (QED) is 0.587. The van der Waals surface area contributed by atoms with Crippen LogP contribution in [0.4, 0.5) is 0 Å². The van der Waals surface area contributed by atoms with E-state index < -0.39 is 11.9 Å². The van der Waals surface area contributed by atoms with E-state index in [-0.39, 0.29) is 0 Å². The maximum absolute atomic E-state index is 11.7. The maximum Gasteiger partial charge on any atom is 0.311 e. The zero-order valence-corrected chi connectivity index (χ0v) is 15.9. The average Bonchev–Trinajstić information content (AvgIpc) is 2.74. The molecule has 0 aromatic heterocycles. The van der Waals surface area contributed by atoms with Crippen LogP contribution in [-0.4, -0.2) is 24.8 Å². The van der Waals surface area contributed by atoms with Gasteiger partial charge in [-0.3, -0.25) is 4.79 Å². The van der Waals surface area contributed by atoms with Crippen molar-refractivity contribution in [2.75, 3.05) is 13.7 Å². The van der Waals surface area contributed by atoms with E-state index in [1.54, 1.807) is 7.11 Å². The van der Waals surface area contributed by atoms with Crippen LogP contribution in [0.15, 0.2) is 78.9 Å². The fourth-order valence-corrected chi connectivity index (χ4v) is 3.15. The molecular formula is C24H24O4. The lowest BCUT2D eigenvalue weighted by Gasteiger charge is -2.15. The Morgan fingerprint density at radius 3 is 2.21 bits per heavy atom. The van der Waals surface area contributed by atoms with Gasteiger partial charge in [0.1, 0.15) is 0 Å². The molecule has 0 radical (unpaired) electrons. The van der Waals surface area contributed by atoms with E-state index in [1.165, 1.54) is 5.56 Å². The van der Waals surface area contributed by atoms with Gasteiger partial charge < -0.3 is 14.6 Å². The van der Waals surface area contributed by atoms with Crippen LogP contribution in [0, 0.1) is 0 Å². The minimum atomic E-state index is -0.839. The molecule has 0 aliphatic heterocycles. The predicted octanol–water partition coefficient (Wildman–Crippen LogP) is 4.73. The Hall–Kier alpha value is -3.27. The summed E-state index contributed by atoms with van der Waals surface area (Å²) in [6.07, 6.45) is 1.20. The lowest BCUT2D eigenvalue weighted by atomic mass is 9.92. The third-order valence-electron chi connectivity index (χ3n) is 4.66. The molecule has 1 atom stereocenters. The minimum absolute atomic E-state index is 0.389. The summed E-state index contributed by atoms with van der Waals surface area (Å²) in [6.45, 7) is 0.543. The van der Waals surface area contributed by atoms with Crippen molar-refractivity contribution in [1.82, 2.24) is 0 Å². The van der Waals surface area contributed by atoms with Crippen molar-refractivity contribution in [3.8, 4) is 11.5 Å². The van der Waals surface area contributed by atoms with Crippen LogP contribution >= 0.6 is 0 Å². The highest BCUT2D eigenvalue weighted by atomic mass is 16.5. The normalized spacial score (nSPS) is 11.6. The van der Waals surface area contributed by atoms with Crippen LogP contribution in [0.1, 0.15) is 22.6 Å². The van der Waals surface area contributed by atoms with Crippen LogP contribution in [-0.2, 0) is 17.6 Å². The maximum atomic E-state index is 11.7. The molecule has 28 heavy (non-hydrogen) atoms. The Balaban J connectivity index is 1.69. The number of ether oxygens (including phenoxy) is 2. The van der Waals surface area contributed by atoms with Crippen LogP contribution in [0.5, 0.6) is 11.5 Å². The van der Waals surface area contributed by atoms with Gasteiger partial charge in [0.15, 0.2) is 11.5 Å². The van der Waals surface area contributed by atoms with Crippen LogP contribution < -0.4 is 9.47 Å². The van der Waals surface area contributed by atoms with Crippen LogP contribution in [0.3, 0.4) is 0 Å².